The number of aromatic nitrogens is 5. The number of nitrogens with one attached hydrogen (secondary N) is 1. The summed E-state index contributed by atoms with van der Waals surface area (Å²) in [6.45, 7) is 3.46. The Bertz CT molecular complexity index is 1310. The van der Waals surface area contributed by atoms with E-state index in [0.29, 0.717) is 23.9 Å². The summed E-state index contributed by atoms with van der Waals surface area (Å²) in [4.78, 5) is 16.3. The lowest BCUT2D eigenvalue weighted by atomic mass is 10.1. The molecule has 0 unspecified atom stereocenters. The highest BCUT2D eigenvalue weighted by molar-refractivity contribution is 7.89. The summed E-state index contributed by atoms with van der Waals surface area (Å²) in [5.41, 5.74) is -2.67. The van der Waals surface area contributed by atoms with Gasteiger partial charge < -0.3 is 15.0 Å². The first-order valence-corrected chi connectivity index (χ1v) is 12.9. The van der Waals surface area contributed by atoms with E-state index in [4.69, 9.17) is 0 Å². The van der Waals surface area contributed by atoms with Gasteiger partial charge in [-0.15, -0.1) is 11.3 Å². The molecule has 2 N–H and O–H groups in total. The van der Waals surface area contributed by atoms with E-state index in [1.54, 1.807) is 11.6 Å². The van der Waals surface area contributed by atoms with Crippen LogP contribution in [0.1, 0.15) is 37.1 Å². The van der Waals surface area contributed by atoms with Crippen LogP contribution in [0.15, 0.2) is 29.9 Å². The Morgan fingerprint density at radius 2 is 1.83 bits per heavy atom. The third-order valence-electron chi connectivity index (χ3n) is 5.48. The Kier molecular flexibility index (Phi) is 6.63. The maximum atomic E-state index is 13.6. The van der Waals surface area contributed by atoms with Crippen LogP contribution >= 0.6 is 11.3 Å². The number of piperidine rings is 1. The predicted octanol–water partition coefficient (Wildman–Crippen LogP) is 2.85. The number of hydrogen-bond donors (Lipinski definition) is 2. The molecule has 0 aromatic carbocycles. The fraction of sp³-hybridized carbons (Fsp3) is 0.500. The zero-order valence-electron chi connectivity index (χ0n) is 19.1. The third-order valence-corrected chi connectivity index (χ3v) is 8.58. The van der Waals surface area contributed by atoms with Crippen molar-refractivity contribution >= 4 is 27.3 Å². The molecule has 0 spiro atoms. The molecule has 10 nitrogen and oxygen atoms in total. The molecule has 35 heavy (non-hydrogen) atoms. The highest BCUT2D eigenvalue weighted by Crippen LogP contribution is 2.39. The van der Waals surface area contributed by atoms with Gasteiger partial charge in [0.2, 0.25) is 5.95 Å². The van der Waals surface area contributed by atoms with Crippen molar-refractivity contribution in [3.05, 3.63) is 35.4 Å². The molecule has 4 rings (SSSR count). The van der Waals surface area contributed by atoms with Crippen molar-refractivity contribution in [2.75, 3.05) is 18.4 Å². The molecule has 190 valence electrons. The van der Waals surface area contributed by atoms with Gasteiger partial charge in [-0.2, -0.15) is 17.5 Å². The number of alkyl halides is 3. The lowest BCUT2D eigenvalue weighted by Crippen LogP contribution is -2.42. The van der Waals surface area contributed by atoms with Crippen LogP contribution in [0.3, 0.4) is 0 Å². The lowest BCUT2D eigenvalue weighted by molar-refractivity contribution is -0.137. The van der Waals surface area contributed by atoms with Gasteiger partial charge in [-0.05, 0) is 26.7 Å². The van der Waals surface area contributed by atoms with Crippen molar-refractivity contribution in [3.8, 4) is 10.7 Å². The smallest absolute Gasteiger partial charge is 0.385 e. The first-order chi connectivity index (χ1) is 16.2. The number of aryl methyl sites for hydroxylation is 1. The third kappa shape index (κ3) is 5.47. The van der Waals surface area contributed by atoms with Crippen LogP contribution < -0.4 is 5.32 Å². The molecule has 3 aromatic rings. The van der Waals surface area contributed by atoms with Crippen molar-refractivity contribution in [1.82, 2.24) is 28.8 Å². The second kappa shape index (κ2) is 9.11. The van der Waals surface area contributed by atoms with Gasteiger partial charge in [-0.1, -0.05) is 0 Å². The normalized spacial score (nSPS) is 16.5. The highest BCUT2D eigenvalue weighted by atomic mass is 32.2. The van der Waals surface area contributed by atoms with E-state index in [1.807, 2.05) is 0 Å². The highest BCUT2D eigenvalue weighted by Gasteiger charge is 2.37. The topological polar surface area (TPSA) is 126 Å². The fourth-order valence-electron chi connectivity index (χ4n) is 3.57. The number of aliphatic hydroxyl groups is 1. The molecule has 0 amide bonds. The van der Waals surface area contributed by atoms with E-state index in [2.05, 4.69) is 25.3 Å². The second-order valence-electron chi connectivity index (χ2n) is 8.74. The Morgan fingerprint density at radius 3 is 2.37 bits per heavy atom. The lowest BCUT2D eigenvalue weighted by Gasteiger charge is -2.31. The Morgan fingerprint density at radius 1 is 1.14 bits per heavy atom. The van der Waals surface area contributed by atoms with Crippen molar-refractivity contribution < 1.29 is 26.7 Å². The van der Waals surface area contributed by atoms with Crippen LogP contribution in [0, 0.1) is 0 Å². The Labute approximate surface area is 203 Å². The van der Waals surface area contributed by atoms with Crippen molar-refractivity contribution in [2.24, 2.45) is 7.05 Å². The quantitative estimate of drug-likeness (QED) is 0.497. The maximum Gasteiger partial charge on any atom is 0.420 e. The van der Waals surface area contributed by atoms with Crippen LogP contribution in [0.5, 0.6) is 0 Å². The Balaban J connectivity index is 1.51. The minimum absolute atomic E-state index is 0.0103. The molecule has 1 aliphatic heterocycles. The molecule has 1 aliphatic rings. The molecule has 3 aromatic heterocycles. The van der Waals surface area contributed by atoms with Gasteiger partial charge in [-0.3, -0.25) is 0 Å². The minimum atomic E-state index is -4.69. The van der Waals surface area contributed by atoms with E-state index in [-0.39, 0.29) is 40.8 Å². The van der Waals surface area contributed by atoms with Crippen molar-refractivity contribution in [1.29, 1.82) is 0 Å². The van der Waals surface area contributed by atoms with Crippen molar-refractivity contribution in [2.45, 2.75) is 49.5 Å². The summed E-state index contributed by atoms with van der Waals surface area (Å²) in [7, 11) is -2.04. The molecular weight excluding hydrogens is 507 g/mol. The number of anilines is 1. The van der Waals surface area contributed by atoms with Gasteiger partial charge in [-0.25, -0.2) is 28.4 Å². The van der Waals surface area contributed by atoms with E-state index >= 15 is 0 Å². The van der Waals surface area contributed by atoms with Gasteiger partial charge in [0.05, 0.1) is 16.8 Å². The number of thiazole rings is 1. The monoisotopic (exact) mass is 531 g/mol. The number of nitrogens with zero attached hydrogens (tertiary/aromatic N) is 6. The maximum absolute atomic E-state index is 13.6. The van der Waals surface area contributed by atoms with Gasteiger partial charge in [0.15, 0.2) is 5.03 Å². The molecule has 4 heterocycles. The molecule has 0 bridgehead atoms. The summed E-state index contributed by atoms with van der Waals surface area (Å²) in [6.07, 6.45) is 0.994. The van der Waals surface area contributed by atoms with Crippen molar-refractivity contribution in [3.63, 3.8) is 0 Å². The summed E-state index contributed by atoms with van der Waals surface area (Å²) < 4.78 is 69.2. The SMILES string of the molecule is Cn1cnc(S(=O)(=O)N2CCC(Nc3ncc(C(F)(F)F)c(-c4ncc(C(C)(C)O)s4)n3)CC2)c1. The molecule has 15 heteroatoms. The number of hydrogen-bond acceptors (Lipinski definition) is 9. The number of halogens is 3. The number of sulfonamides is 1. The van der Waals surface area contributed by atoms with Gasteiger partial charge in [0.25, 0.3) is 10.0 Å². The molecule has 1 saturated heterocycles. The van der Waals surface area contributed by atoms with Gasteiger partial charge in [0.1, 0.15) is 16.3 Å². The first-order valence-electron chi connectivity index (χ1n) is 10.6. The number of imidazole rings is 1. The van der Waals surface area contributed by atoms with Crippen LogP contribution in [-0.2, 0) is 28.8 Å². The largest absolute Gasteiger partial charge is 0.420 e. The van der Waals surface area contributed by atoms with E-state index in [1.165, 1.54) is 36.9 Å². The first kappa shape index (κ1) is 25.5. The van der Waals surface area contributed by atoms with E-state index in [0.717, 1.165) is 11.3 Å². The van der Waals surface area contributed by atoms with E-state index in [9.17, 15) is 26.7 Å². The summed E-state index contributed by atoms with van der Waals surface area (Å²) in [6, 6.07) is -0.238. The van der Waals surface area contributed by atoms with E-state index < -0.39 is 27.4 Å². The zero-order chi connectivity index (χ0) is 25.6. The minimum Gasteiger partial charge on any atom is -0.385 e. The Hall–Kier alpha value is -2.62. The molecule has 0 radical (unpaired) electrons. The summed E-state index contributed by atoms with van der Waals surface area (Å²) in [5.74, 6) is -0.0148. The molecule has 0 aliphatic carbocycles. The molecule has 0 atom stereocenters. The fourth-order valence-corrected chi connectivity index (χ4v) is 5.92. The summed E-state index contributed by atoms with van der Waals surface area (Å²) in [5, 5.41) is 13.2. The zero-order valence-corrected chi connectivity index (χ0v) is 20.7. The van der Waals surface area contributed by atoms with Crippen LogP contribution in [0.4, 0.5) is 19.1 Å². The average molecular weight is 532 g/mol. The second-order valence-corrected chi connectivity index (χ2v) is 11.7. The predicted molar refractivity (Wildman–Crippen MR) is 122 cm³/mol. The van der Waals surface area contributed by atoms with Gasteiger partial charge >= 0.3 is 6.18 Å². The van der Waals surface area contributed by atoms with Crippen LogP contribution in [0.25, 0.3) is 10.7 Å². The average Bonchev–Trinajstić information content (AvgIpc) is 3.43. The standard InChI is InChI=1S/C20H24F3N7O3S2/c1-19(2,31)14-9-24-17(34-14)16-13(20(21,22)23)8-25-18(28-16)27-12-4-6-30(7-5-12)35(32,33)15-10-29(3)11-26-15/h8-12,31H,4-7H2,1-3H3,(H,25,27,28). The number of rotatable bonds is 6. The van der Waals surface area contributed by atoms with Gasteiger partial charge in [0, 0.05) is 44.8 Å². The molecular formula is C20H24F3N7O3S2. The molecule has 0 saturated carbocycles. The summed E-state index contributed by atoms with van der Waals surface area (Å²) >= 11 is 0.920. The van der Waals surface area contributed by atoms with Crippen LogP contribution in [0.2, 0.25) is 0 Å². The molecule has 1 fully saturated rings. The van der Waals surface area contributed by atoms with Crippen LogP contribution in [-0.4, -0.2) is 61.5 Å².